The number of nitrogens with one attached hydrogen (secondary N) is 1. The fourth-order valence-corrected chi connectivity index (χ4v) is 1.92. The van der Waals surface area contributed by atoms with Crippen molar-refractivity contribution in [3.8, 4) is 0 Å². The van der Waals surface area contributed by atoms with Crippen molar-refractivity contribution in [3.05, 3.63) is 0 Å². The van der Waals surface area contributed by atoms with Crippen LogP contribution in [0, 0.1) is 0 Å². The Morgan fingerprint density at radius 1 is 1.17 bits per heavy atom. The highest BCUT2D eigenvalue weighted by molar-refractivity contribution is 7.99. The van der Waals surface area contributed by atoms with Gasteiger partial charge in [0.25, 0.3) is 0 Å². The van der Waals surface area contributed by atoms with E-state index >= 15 is 0 Å². The minimum absolute atomic E-state index is 1.07. The summed E-state index contributed by atoms with van der Waals surface area (Å²) >= 11 is 2.03. The molecule has 2 heterocycles. The summed E-state index contributed by atoms with van der Waals surface area (Å²) in [6, 6.07) is 0. The Hall–Kier alpha value is -0.0200. The van der Waals surface area contributed by atoms with Crippen LogP contribution in [0.15, 0.2) is 4.99 Å². The highest BCUT2D eigenvalue weighted by atomic mass is 32.2. The van der Waals surface area contributed by atoms with E-state index < -0.39 is 0 Å². The summed E-state index contributed by atoms with van der Waals surface area (Å²) in [5.74, 6) is 2.61. The molecule has 70 valence electrons. The van der Waals surface area contributed by atoms with E-state index in [2.05, 4.69) is 10.3 Å². The van der Waals surface area contributed by atoms with E-state index in [1.807, 2.05) is 18.0 Å². The minimum Gasteiger partial charge on any atom is -0.315 e. The first-order valence-electron chi connectivity index (χ1n) is 4.77. The van der Waals surface area contributed by atoms with Crippen LogP contribution in [-0.4, -0.2) is 37.4 Å². The van der Waals surface area contributed by atoms with Crippen molar-refractivity contribution in [3.63, 3.8) is 0 Å². The molecular formula is C9H18N2S. The SMILES string of the molecule is C1=NCCCC1.C1CSCCN1. The predicted octanol–water partition coefficient (Wildman–Crippen LogP) is 1.56. The molecule has 0 radical (unpaired) electrons. The number of aliphatic imine (C=N–C) groups is 1. The van der Waals surface area contributed by atoms with Gasteiger partial charge >= 0.3 is 0 Å². The fraction of sp³-hybridized carbons (Fsp3) is 0.889. The summed E-state index contributed by atoms with van der Waals surface area (Å²) < 4.78 is 0. The second-order valence-electron chi connectivity index (χ2n) is 2.95. The Morgan fingerprint density at radius 2 is 2.00 bits per heavy atom. The number of rotatable bonds is 0. The quantitative estimate of drug-likeness (QED) is 0.621. The van der Waals surface area contributed by atoms with Gasteiger partial charge in [0.2, 0.25) is 0 Å². The second kappa shape index (κ2) is 7.62. The Kier molecular flexibility index (Phi) is 6.39. The van der Waals surface area contributed by atoms with Crippen molar-refractivity contribution >= 4 is 18.0 Å². The molecular weight excluding hydrogens is 168 g/mol. The third-order valence-corrected chi connectivity index (χ3v) is 2.83. The van der Waals surface area contributed by atoms with Gasteiger partial charge in [-0.3, -0.25) is 4.99 Å². The normalized spacial score (nSPS) is 22.7. The van der Waals surface area contributed by atoms with Crippen molar-refractivity contribution in [2.75, 3.05) is 31.1 Å². The Morgan fingerprint density at radius 3 is 2.17 bits per heavy atom. The molecule has 12 heavy (non-hydrogen) atoms. The van der Waals surface area contributed by atoms with Gasteiger partial charge in [-0.2, -0.15) is 11.8 Å². The number of thioether (sulfide) groups is 1. The second-order valence-corrected chi connectivity index (χ2v) is 4.17. The monoisotopic (exact) mass is 186 g/mol. The summed E-state index contributed by atoms with van der Waals surface area (Å²) in [7, 11) is 0. The van der Waals surface area contributed by atoms with E-state index in [0.717, 1.165) is 6.54 Å². The summed E-state index contributed by atoms with van der Waals surface area (Å²) in [6.45, 7) is 3.50. The lowest BCUT2D eigenvalue weighted by atomic mass is 10.2. The van der Waals surface area contributed by atoms with Crippen LogP contribution in [0.2, 0.25) is 0 Å². The highest BCUT2D eigenvalue weighted by Crippen LogP contribution is 1.99. The maximum absolute atomic E-state index is 4.05. The molecule has 3 heteroatoms. The molecule has 0 aliphatic carbocycles. The van der Waals surface area contributed by atoms with E-state index in [1.165, 1.54) is 43.9 Å². The third kappa shape index (κ3) is 5.61. The number of nitrogens with zero attached hydrogens (tertiary/aromatic N) is 1. The van der Waals surface area contributed by atoms with Crippen molar-refractivity contribution < 1.29 is 0 Å². The molecule has 2 nitrogen and oxygen atoms in total. The zero-order valence-corrected chi connectivity index (χ0v) is 8.41. The maximum atomic E-state index is 4.05. The standard InChI is InChI=1S/C5H9N.C4H9NS/c1-2-4-6-5-3-1;1-3-6-4-2-5-1/h4H,1-3,5H2;5H,1-4H2. The van der Waals surface area contributed by atoms with Gasteiger partial charge in [-0.15, -0.1) is 0 Å². The molecule has 0 atom stereocenters. The molecule has 0 unspecified atom stereocenters. The van der Waals surface area contributed by atoms with Crippen LogP contribution in [-0.2, 0) is 0 Å². The van der Waals surface area contributed by atoms with Gasteiger partial charge in [0, 0.05) is 31.1 Å². The van der Waals surface area contributed by atoms with Crippen LogP contribution in [0.4, 0.5) is 0 Å². The zero-order valence-electron chi connectivity index (χ0n) is 7.59. The lowest BCUT2D eigenvalue weighted by Crippen LogP contribution is -2.24. The van der Waals surface area contributed by atoms with Crippen molar-refractivity contribution in [2.24, 2.45) is 4.99 Å². The minimum atomic E-state index is 1.07. The topological polar surface area (TPSA) is 24.4 Å². The summed E-state index contributed by atoms with van der Waals surface area (Å²) in [6.07, 6.45) is 5.88. The molecule has 0 aromatic heterocycles. The van der Waals surface area contributed by atoms with Crippen LogP contribution in [0.5, 0.6) is 0 Å². The smallest absolute Gasteiger partial charge is 0.0385 e. The average Bonchev–Trinajstić information content (AvgIpc) is 2.24. The average molecular weight is 186 g/mol. The van der Waals surface area contributed by atoms with Crippen LogP contribution in [0.25, 0.3) is 0 Å². The molecule has 0 spiro atoms. The van der Waals surface area contributed by atoms with Crippen molar-refractivity contribution in [1.29, 1.82) is 0 Å². The van der Waals surface area contributed by atoms with Crippen molar-refractivity contribution in [2.45, 2.75) is 19.3 Å². The first-order valence-corrected chi connectivity index (χ1v) is 5.92. The van der Waals surface area contributed by atoms with E-state index in [0.29, 0.717) is 0 Å². The first-order chi connectivity index (χ1) is 6.00. The molecule has 2 rings (SSSR count). The predicted molar refractivity (Wildman–Crippen MR) is 57.4 cm³/mol. The summed E-state index contributed by atoms with van der Waals surface area (Å²) in [5, 5.41) is 3.26. The maximum Gasteiger partial charge on any atom is 0.0385 e. The molecule has 1 N–H and O–H groups in total. The van der Waals surface area contributed by atoms with Crippen molar-refractivity contribution in [1.82, 2.24) is 5.32 Å². The first kappa shape index (κ1) is 10.1. The van der Waals surface area contributed by atoms with E-state index in [1.54, 1.807) is 0 Å². The molecule has 0 amide bonds. The highest BCUT2D eigenvalue weighted by Gasteiger charge is 1.93. The van der Waals surface area contributed by atoms with Crippen LogP contribution in [0.1, 0.15) is 19.3 Å². The van der Waals surface area contributed by atoms with Crippen LogP contribution < -0.4 is 5.32 Å². The van der Waals surface area contributed by atoms with Crippen LogP contribution >= 0.6 is 11.8 Å². The molecule has 2 aliphatic rings. The summed E-state index contributed by atoms with van der Waals surface area (Å²) in [5.41, 5.74) is 0. The Balaban J connectivity index is 0.000000120. The molecule has 0 aromatic rings. The molecule has 0 aromatic carbocycles. The largest absolute Gasteiger partial charge is 0.315 e. The van der Waals surface area contributed by atoms with E-state index in [-0.39, 0.29) is 0 Å². The Bertz CT molecular complexity index is 102. The van der Waals surface area contributed by atoms with Gasteiger partial charge in [-0.05, 0) is 25.5 Å². The van der Waals surface area contributed by atoms with E-state index in [9.17, 15) is 0 Å². The van der Waals surface area contributed by atoms with Gasteiger partial charge in [-0.1, -0.05) is 0 Å². The fourth-order valence-electron chi connectivity index (χ4n) is 1.14. The third-order valence-electron chi connectivity index (χ3n) is 1.85. The zero-order chi connectivity index (χ0) is 8.49. The van der Waals surface area contributed by atoms with Gasteiger partial charge in [0.1, 0.15) is 0 Å². The molecule has 1 fully saturated rings. The Labute approximate surface area is 79.2 Å². The lowest BCUT2D eigenvalue weighted by Gasteiger charge is -2.08. The van der Waals surface area contributed by atoms with Gasteiger partial charge in [0.05, 0.1) is 0 Å². The number of hydrogen-bond acceptors (Lipinski definition) is 3. The lowest BCUT2D eigenvalue weighted by molar-refractivity contribution is 0.749. The molecule has 0 bridgehead atoms. The summed E-state index contributed by atoms with van der Waals surface area (Å²) in [4.78, 5) is 4.05. The molecule has 1 saturated heterocycles. The van der Waals surface area contributed by atoms with Gasteiger partial charge in [0.15, 0.2) is 0 Å². The number of hydrogen-bond donors (Lipinski definition) is 1. The van der Waals surface area contributed by atoms with Crippen LogP contribution in [0.3, 0.4) is 0 Å². The van der Waals surface area contributed by atoms with Gasteiger partial charge < -0.3 is 5.32 Å². The molecule has 2 aliphatic heterocycles. The van der Waals surface area contributed by atoms with E-state index in [4.69, 9.17) is 0 Å². The van der Waals surface area contributed by atoms with Gasteiger partial charge in [-0.25, -0.2) is 0 Å². The molecule has 0 saturated carbocycles.